The third kappa shape index (κ3) is 5.03. The maximum absolute atomic E-state index is 12.3. The molecule has 8 heteroatoms. The summed E-state index contributed by atoms with van der Waals surface area (Å²) in [5, 5.41) is 0. The van der Waals surface area contributed by atoms with E-state index in [1.54, 1.807) is 6.92 Å². The van der Waals surface area contributed by atoms with E-state index in [0.717, 1.165) is 11.8 Å². The Balaban J connectivity index is 2.00. The van der Waals surface area contributed by atoms with E-state index in [4.69, 9.17) is 4.74 Å². The Labute approximate surface area is 128 Å². The molecule has 0 atom stereocenters. The van der Waals surface area contributed by atoms with Crippen molar-refractivity contribution in [3.05, 3.63) is 53.6 Å². The van der Waals surface area contributed by atoms with E-state index in [9.17, 15) is 18.0 Å². The quantitative estimate of drug-likeness (QED) is 0.632. The van der Waals surface area contributed by atoms with Crippen LogP contribution < -0.4 is 0 Å². The van der Waals surface area contributed by atoms with E-state index in [1.165, 1.54) is 30.6 Å². The summed E-state index contributed by atoms with van der Waals surface area (Å²) in [4.78, 5) is 19.8. The van der Waals surface area contributed by atoms with Crippen LogP contribution in [0, 0.1) is 6.92 Å². The zero-order chi connectivity index (χ0) is 16.2. The van der Waals surface area contributed by atoms with E-state index < -0.39 is 11.5 Å². The summed E-state index contributed by atoms with van der Waals surface area (Å²) in [5.41, 5.74) is -3.17. The van der Waals surface area contributed by atoms with Gasteiger partial charge in [0.2, 0.25) is 0 Å². The highest BCUT2D eigenvalue weighted by molar-refractivity contribution is 8.00. The predicted octanol–water partition coefficient (Wildman–Crippen LogP) is 3.75. The number of carbonyl (C=O) groups is 1. The lowest BCUT2D eigenvalue weighted by atomic mass is 10.2. The average molecular weight is 328 g/mol. The number of benzene rings is 1. The van der Waals surface area contributed by atoms with E-state index in [2.05, 4.69) is 9.97 Å². The van der Waals surface area contributed by atoms with Gasteiger partial charge in [-0.2, -0.15) is 13.2 Å². The van der Waals surface area contributed by atoms with Crippen LogP contribution in [0.1, 0.15) is 21.7 Å². The summed E-state index contributed by atoms with van der Waals surface area (Å²) in [6, 6.07) is 5.18. The second kappa shape index (κ2) is 6.78. The molecule has 116 valence electrons. The monoisotopic (exact) mass is 328 g/mol. The van der Waals surface area contributed by atoms with Crippen molar-refractivity contribution in [3.63, 3.8) is 0 Å². The topological polar surface area (TPSA) is 52.1 Å². The lowest BCUT2D eigenvalue weighted by molar-refractivity contribution is -0.0328. The Kier molecular flexibility index (Phi) is 5.02. The smallest absolute Gasteiger partial charge is 0.446 e. The van der Waals surface area contributed by atoms with Crippen LogP contribution in [0.4, 0.5) is 13.2 Å². The molecule has 4 nitrogen and oxygen atoms in total. The third-order valence-corrected chi connectivity index (χ3v) is 3.21. The van der Waals surface area contributed by atoms with Crippen molar-refractivity contribution in [2.24, 2.45) is 0 Å². The fraction of sp³-hybridized carbons (Fsp3) is 0.214. The largest absolute Gasteiger partial charge is 0.456 e. The van der Waals surface area contributed by atoms with E-state index in [-0.39, 0.29) is 28.8 Å². The van der Waals surface area contributed by atoms with Gasteiger partial charge >= 0.3 is 11.5 Å². The molecular formula is C14H11F3N2O2S. The van der Waals surface area contributed by atoms with Crippen LogP contribution in [0.3, 0.4) is 0 Å². The molecule has 1 aromatic carbocycles. The van der Waals surface area contributed by atoms with Gasteiger partial charge in [0.15, 0.2) is 0 Å². The highest BCUT2D eigenvalue weighted by Crippen LogP contribution is 2.36. The van der Waals surface area contributed by atoms with Crippen molar-refractivity contribution >= 4 is 17.7 Å². The molecule has 1 heterocycles. The second-order valence-corrected chi connectivity index (χ2v) is 5.44. The zero-order valence-corrected chi connectivity index (χ0v) is 12.2. The first-order valence-corrected chi connectivity index (χ1v) is 6.95. The fourth-order valence-electron chi connectivity index (χ4n) is 1.54. The number of aromatic nitrogens is 2. The number of alkyl halides is 3. The summed E-state index contributed by atoms with van der Waals surface area (Å²) in [5.74, 6) is -0.716. The zero-order valence-electron chi connectivity index (χ0n) is 11.4. The number of thioether (sulfide) groups is 1. The molecule has 0 radical (unpaired) electrons. The van der Waals surface area contributed by atoms with Crippen molar-refractivity contribution in [1.29, 1.82) is 0 Å². The summed E-state index contributed by atoms with van der Waals surface area (Å²) in [6.45, 7) is 1.68. The van der Waals surface area contributed by atoms with E-state index in [0.29, 0.717) is 5.69 Å². The van der Waals surface area contributed by atoms with Crippen molar-refractivity contribution in [1.82, 2.24) is 9.97 Å². The second-order valence-electron chi connectivity index (χ2n) is 4.30. The number of aryl methyl sites for hydroxylation is 1. The first-order valence-electron chi connectivity index (χ1n) is 6.14. The molecule has 0 unspecified atom stereocenters. The van der Waals surface area contributed by atoms with Crippen molar-refractivity contribution in [3.8, 4) is 0 Å². The van der Waals surface area contributed by atoms with Gasteiger partial charge in [-0.3, -0.25) is 9.97 Å². The Bertz CT molecular complexity index is 660. The average Bonchev–Trinajstić information content (AvgIpc) is 2.45. The molecule has 0 saturated carbocycles. The van der Waals surface area contributed by atoms with Gasteiger partial charge in [0.1, 0.15) is 6.61 Å². The van der Waals surface area contributed by atoms with Gasteiger partial charge in [-0.1, -0.05) is 6.07 Å². The minimum absolute atomic E-state index is 0.0503. The van der Waals surface area contributed by atoms with Crippen LogP contribution in [0.15, 0.2) is 41.6 Å². The Morgan fingerprint density at radius 2 is 2.05 bits per heavy atom. The maximum Gasteiger partial charge on any atom is 0.446 e. The number of rotatable bonds is 4. The van der Waals surface area contributed by atoms with Crippen LogP contribution in [0.5, 0.6) is 0 Å². The van der Waals surface area contributed by atoms with Crippen molar-refractivity contribution < 1.29 is 22.7 Å². The van der Waals surface area contributed by atoms with Crippen LogP contribution in [-0.4, -0.2) is 21.4 Å². The van der Waals surface area contributed by atoms with Gasteiger partial charge in [-0.05, 0) is 36.9 Å². The normalized spacial score (nSPS) is 11.3. The molecule has 0 aliphatic carbocycles. The highest BCUT2D eigenvalue weighted by atomic mass is 32.2. The van der Waals surface area contributed by atoms with Crippen LogP contribution in [0.2, 0.25) is 0 Å². The summed E-state index contributed by atoms with van der Waals surface area (Å²) >= 11 is -0.282. The van der Waals surface area contributed by atoms with Gasteiger partial charge in [0.25, 0.3) is 0 Å². The molecule has 0 amide bonds. The maximum atomic E-state index is 12.3. The van der Waals surface area contributed by atoms with Crippen LogP contribution >= 0.6 is 11.8 Å². The lowest BCUT2D eigenvalue weighted by Gasteiger charge is -2.08. The van der Waals surface area contributed by atoms with Gasteiger partial charge in [-0.25, -0.2) is 4.79 Å². The first kappa shape index (κ1) is 16.3. The summed E-state index contributed by atoms with van der Waals surface area (Å²) in [6.07, 6.45) is 3.00. The highest BCUT2D eigenvalue weighted by Gasteiger charge is 2.29. The molecular weight excluding hydrogens is 317 g/mol. The van der Waals surface area contributed by atoms with Gasteiger partial charge in [0, 0.05) is 11.1 Å². The van der Waals surface area contributed by atoms with Crippen molar-refractivity contribution in [2.75, 3.05) is 0 Å². The molecule has 0 aliphatic rings. The molecule has 0 bridgehead atoms. The minimum atomic E-state index is -4.40. The Morgan fingerprint density at radius 3 is 2.68 bits per heavy atom. The van der Waals surface area contributed by atoms with E-state index >= 15 is 0 Å². The van der Waals surface area contributed by atoms with Crippen LogP contribution in [0.25, 0.3) is 0 Å². The molecule has 1 aromatic heterocycles. The molecule has 0 N–H and O–H groups in total. The van der Waals surface area contributed by atoms with E-state index in [1.807, 2.05) is 0 Å². The number of hydrogen-bond donors (Lipinski definition) is 0. The molecule has 0 spiro atoms. The van der Waals surface area contributed by atoms with Gasteiger partial charge in [-0.15, -0.1) is 0 Å². The van der Waals surface area contributed by atoms with Crippen molar-refractivity contribution in [2.45, 2.75) is 23.9 Å². The summed E-state index contributed by atoms with van der Waals surface area (Å²) < 4.78 is 41.9. The first-order chi connectivity index (χ1) is 10.3. The molecule has 0 saturated heterocycles. The van der Waals surface area contributed by atoms with Gasteiger partial charge < -0.3 is 4.74 Å². The minimum Gasteiger partial charge on any atom is -0.456 e. The molecule has 2 aromatic rings. The SMILES string of the molecule is Cc1cnc(COC(=O)c2cccc(SC(F)(F)F)c2)cn1. The van der Waals surface area contributed by atoms with Crippen LogP contribution in [-0.2, 0) is 11.3 Å². The number of nitrogens with zero attached hydrogens (tertiary/aromatic N) is 2. The van der Waals surface area contributed by atoms with Gasteiger partial charge in [0.05, 0.1) is 23.1 Å². The standard InChI is InChI=1S/C14H11F3N2O2S/c1-9-6-19-11(7-18-9)8-21-13(20)10-3-2-4-12(5-10)22-14(15,16)17/h2-7H,8H2,1H3. The Hall–Kier alpha value is -2.09. The molecule has 2 rings (SSSR count). The number of hydrogen-bond acceptors (Lipinski definition) is 5. The number of carbonyl (C=O) groups excluding carboxylic acids is 1. The third-order valence-electron chi connectivity index (χ3n) is 2.49. The molecule has 0 fully saturated rings. The predicted molar refractivity (Wildman–Crippen MR) is 74.2 cm³/mol. The summed E-state index contributed by atoms with van der Waals surface area (Å²) in [7, 11) is 0. The fourth-order valence-corrected chi connectivity index (χ4v) is 2.14. The number of ether oxygens (including phenoxy) is 1. The Morgan fingerprint density at radius 1 is 1.27 bits per heavy atom. The number of halogens is 3. The molecule has 0 aliphatic heterocycles. The number of esters is 1. The lowest BCUT2D eigenvalue weighted by Crippen LogP contribution is -2.07. The molecule has 22 heavy (non-hydrogen) atoms.